The summed E-state index contributed by atoms with van der Waals surface area (Å²) in [6.07, 6.45) is 0. The highest BCUT2D eigenvalue weighted by Gasteiger charge is 2.16. The van der Waals surface area contributed by atoms with Crippen molar-refractivity contribution in [2.24, 2.45) is 5.73 Å². The summed E-state index contributed by atoms with van der Waals surface area (Å²) in [6, 6.07) is 10.1. The van der Waals surface area contributed by atoms with Crippen LogP contribution in [0.1, 0.15) is 28.3 Å². The average molecular weight is 451 g/mol. The lowest BCUT2D eigenvalue weighted by atomic mass is 9.94. The monoisotopic (exact) mass is 449 g/mol. The van der Waals surface area contributed by atoms with Gasteiger partial charge in [0.05, 0.1) is 6.04 Å². The minimum Gasteiger partial charge on any atom is -0.320 e. The van der Waals surface area contributed by atoms with E-state index in [1.807, 2.05) is 26.0 Å². The van der Waals surface area contributed by atoms with E-state index in [1.54, 1.807) is 0 Å². The highest BCUT2D eigenvalue weighted by atomic mass is 127. The maximum atomic E-state index is 6.43. The van der Waals surface area contributed by atoms with Gasteiger partial charge in [-0.25, -0.2) is 0 Å². The molecule has 4 heteroatoms. The van der Waals surface area contributed by atoms with Crippen LogP contribution in [-0.4, -0.2) is 0 Å². The fourth-order valence-corrected chi connectivity index (χ4v) is 3.29. The summed E-state index contributed by atoms with van der Waals surface area (Å²) in [4.78, 5) is 0. The van der Waals surface area contributed by atoms with Crippen LogP contribution in [0.15, 0.2) is 34.8 Å². The van der Waals surface area contributed by atoms with Gasteiger partial charge in [0.25, 0.3) is 0 Å². The fraction of sp³-hybridized carbons (Fsp3) is 0.200. The van der Waals surface area contributed by atoms with E-state index in [1.165, 1.54) is 3.57 Å². The molecule has 0 aliphatic rings. The first-order chi connectivity index (χ1) is 8.90. The van der Waals surface area contributed by atoms with Gasteiger partial charge in [-0.1, -0.05) is 33.6 Å². The summed E-state index contributed by atoms with van der Waals surface area (Å²) in [7, 11) is 0. The van der Waals surface area contributed by atoms with Crippen molar-refractivity contribution in [3.05, 3.63) is 65.7 Å². The summed E-state index contributed by atoms with van der Waals surface area (Å²) in [5, 5.41) is 0.787. The molecular formula is C15H14BrClIN. The van der Waals surface area contributed by atoms with E-state index in [0.717, 1.165) is 31.7 Å². The third kappa shape index (κ3) is 3.32. The maximum absolute atomic E-state index is 6.43. The van der Waals surface area contributed by atoms with Gasteiger partial charge in [-0.2, -0.15) is 0 Å². The maximum Gasteiger partial charge on any atom is 0.0565 e. The molecule has 2 aromatic rings. The first kappa shape index (κ1) is 15.3. The molecule has 2 rings (SSSR count). The Balaban J connectivity index is 2.52. The van der Waals surface area contributed by atoms with Gasteiger partial charge in [-0.15, -0.1) is 0 Å². The molecule has 0 amide bonds. The van der Waals surface area contributed by atoms with Gasteiger partial charge in [-0.3, -0.25) is 0 Å². The molecule has 0 spiro atoms. The molecule has 1 nitrogen and oxygen atoms in total. The van der Waals surface area contributed by atoms with Crippen LogP contribution in [0.4, 0.5) is 0 Å². The van der Waals surface area contributed by atoms with Crippen LogP contribution in [0.3, 0.4) is 0 Å². The summed E-state index contributed by atoms with van der Waals surface area (Å²) in [6.45, 7) is 4.05. The standard InChI is InChI=1S/C15H14BrClIN/c1-8-6-14(17)9(2)5-11(8)15(19)12-7-10(18)3-4-13(12)16/h3-7,15H,19H2,1-2H3. The summed E-state index contributed by atoms with van der Waals surface area (Å²) in [5.41, 5.74) is 10.8. The van der Waals surface area contributed by atoms with Crippen molar-refractivity contribution in [2.75, 3.05) is 0 Å². The van der Waals surface area contributed by atoms with Gasteiger partial charge in [0.15, 0.2) is 0 Å². The molecule has 0 aromatic heterocycles. The van der Waals surface area contributed by atoms with Gasteiger partial charge in [-0.05, 0) is 83.0 Å². The molecule has 19 heavy (non-hydrogen) atoms. The van der Waals surface area contributed by atoms with Crippen molar-refractivity contribution in [3.8, 4) is 0 Å². The van der Waals surface area contributed by atoms with Crippen LogP contribution in [-0.2, 0) is 0 Å². The average Bonchev–Trinajstić information content (AvgIpc) is 2.36. The first-order valence-electron chi connectivity index (χ1n) is 5.87. The van der Waals surface area contributed by atoms with Crippen molar-refractivity contribution in [2.45, 2.75) is 19.9 Å². The third-order valence-electron chi connectivity index (χ3n) is 3.18. The van der Waals surface area contributed by atoms with Crippen molar-refractivity contribution in [3.63, 3.8) is 0 Å². The molecule has 1 atom stereocenters. The van der Waals surface area contributed by atoms with Gasteiger partial charge in [0.2, 0.25) is 0 Å². The lowest BCUT2D eigenvalue weighted by molar-refractivity contribution is 0.853. The minimum absolute atomic E-state index is 0.153. The zero-order chi connectivity index (χ0) is 14.2. The Bertz CT molecular complexity index is 628. The molecular weight excluding hydrogens is 436 g/mol. The van der Waals surface area contributed by atoms with E-state index >= 15 is 0 Å². The predicted octanol–water partition coefficient (Wildman–Crippen LogP) is 5.37. The second kappa shape index (κ2) is 6.12. The van der Waals surface area contributed by atoms with Gasteiger partial charge in [0, 0.05) is 13.1 Å². The topological polar surface area (TPSA) is 26.0 Å². The van der Waals surface area contributed by atoms with Crippen molar-refractivity contribution >= 4 is 50.1 Å². The van der Waals surface area contributed by atoms with Crippen LogP contribution in [0, 0.1) is 17.4 Å². The van der Waals surface area contributed by atoms with E-state index in [0.29, 0.717) is 0 Å². The smallest absolute Gasteiger partial charge is 0.0565 e. The van der Waals surface area contributed by atoms with Crippen molar-refractivity contribution < 1.29 is 0 Å². The molecule has 2 aromatic carbocycles. The van der Waals surface area contributed by atoms with E-state index in [-0.39, 0.29) is 6.04 Å². The largest absolute Gasteiger partial charge is 0.320 e. The van der Waals surface area contributed by atoms with Gasteiger partial charge >= 0.3 is 0 Å². The molecule has 0 heterocycles. The van der Waals surface area contributed by atoms with Crippen LogP contribution >= 0.6 is 50.1 Å². The Morgan fingerprint density at radius 3 is 2.47 bits per heavy atom. The Hall–Kier alpha value is -0.100. The van der Waals surface area contributed by atoms with E-state index in [4.69, 9.17) is 17.3 Å². The third-order valence-corrected chi connectivity index (χ3v) is 4.98. The molecule has 0 radical (unpaired) electrons. The molecule has 0 saturated carbocycles. The Morgan fingerprint density at radius 1 is 1.11 bits per heavy atom. The Labute approximate surface area is 140 Å². The van der Waals surface area contributed by atoms with Crippen molar-refractivity contribution in [1.29, 1.82) is 0 Å². The number of aryl methyl sites for hydroxylation is 2. The fourth-order valence-electron chi connectivity index (χ4n) is 2.06. The van der Waals surface area contributed by atoms with E-state index in [9.17, 15) is 0 Å². The SMILES string of the molecule is Cc1cc(C(N)c2cc(I)ccc2Br)c(C)cc1Cl. The number of hydrogen-bond donors (Lipinski definition) is 1. The van der Waals surface area contributed by atoms with Crippen LogP contribution in [0.5, 0.6) is 0 Å². The number of benzene rings is 2. The second-order valence-electron chi connectivity index (χ2n) is 4.60. The zero-order valence-electron chi connectivity index (χ0n) is 10.7. The van der Waals surface area contributed by atoms with Crippen LogP contribution in [0.25, 0.3) is 0 Å². The molecule has 1 unspecified atom stereocenters. The molecule has 100 valence electrons. The highest BCUT2D eigenvalue weighted by Crippen LogP contribution is 2.32. The number of rotatable bonds is 2. The van der Waals surface area contributed by atoms with Gasteiger partial charge in [0.1, 0.15) is 0 Å². The molecule has 0 aliphatic heterocycles. The summed E-state index contributed by atoms with van der Waals surface area (Å²) in [5.74, 6) is 0. The van der Waals surface area contributed by atoms with Gasteiger partial charge < -0.3 is 5.73 Å². The zero-order valence-corrected chi connectivity index (χ0v) is 15.2. The van der Waals surface area contributed by atoms with Crippen LogP contribution < -0.4 is 5.73 Å². The van der Waals surface area contributed by atoms with Crippen molar-refractivity contribution in [1.82, 2.24) is 0 Å². The quantitative estimate of drug-likeness (QED) is 0.612. The van der Waals surface area contributed by atoms with Crippen LogP contribution in [0.2, 0.25) is 5.02 Å². The molecule has 2 N–H and O–H groups in total. The Morgan fingerprint density at radius 2 is 1.79 bits per heavy atom. The molecule has 0 bridgehead atoms. The molecule has 0 aliphatic carbocycles. The number of hydrogen-bond acceptors (Lipinski definition) is 1. The van der Waals surface area contributed by atoms with E-state index in [2.05, 4.69) is 56.7 Å². The lowest BCUT2D eigenvalue weighted by Crippen LogP contribution is -2.14. The summed E-state index contributed by atoms with van der Waals surface area (Å²) >= 11 is 12.0. The Kier molecular flexibility index (Phi) is 4.93. The highest BCUT2D eigenvalue weighted by molar-refractivity contribution is 14.1. The first-order valence-corrected chi connectivity index (χ1v) is 8.12. The number of nitrogens with two attached hydrogens (primary N) is 1. The normalized spacial score (nSPS) is 12.5. The molecule has 0 saturated heterocycles. The lowest BCUT2D eigenvalue weighted by Gasteiger charge is -2.18. The summed E-state index contributed by atoms with van der Waals surface area (Å²) < 4.78 is 2.21. The predicted molar refractivity (Wildman–Crippen MR) is 93.8 cm³/mol. The minimum atomic E-state index is -0.153. The van der Waals surface area contributed by atoms with E-state index < -0.39 is 0 Å². The molecule has 0 fully saturated rings. The second-order valence-corrected chi connectivity index (χ2v) is 7.11. The number of halogens is 3.